The molecule has 0 amide bonds. The van der Waals surface area contributed by atoms with Crippen LogP contribution in [0.25, 0.3) is 6.08 Å². The first-order valence-electron chi connectivity index (χ1n) is 6.98. The molecular weight excluding hydrogens is 268 g/mol. The number of rotatable bonds is 6. The van der Waals surface area contributed by atoms with Crippen molar-refractivity contribution in [1.82, 2.24) is 0 Å². The molecular formula is C17H22O4. The van der Waals surface area contributed by atoms with Crippen LogP contribution in [0.15, 0.2) is 36.4 Å². The summed E-state index contributed by atoms with van der Waals surface area (Å²) in [6.07, 6.45) is 2.49. The van der Waals surface area contributed by atoms with Gasteiger partial charge in [-0.05, 0) is 17.6 Å². The molecule has 0 saturated heterocycles. The standard InChI is InChI=1S/C17H22O4/c1-12(2)17(21-14(4)19)16(20-13(3)18)11-10-15-8-6-5-7-9-15/h5-12,16-17H,1-4H3/b11-10+/t16-,17+/m0/s1. The van der Waals surface area contributed by atoms with Gasteiger partial charge in [0.15, 0.2) is 6.10 Å². The van der Waals surface area contributed by atoms with Gasteiger partial charge in [0.25, 0.3) is 0 Å². The van der Waals surface area contributed by atoms with Crippen LogP contribution in [0.5, 0.6) is 0 Å². The minimum atomic E-state index is -0.605. The Morgan fingerprint density at radius 1 is 1.00 bits per heavy atom. The second kappa shape index (κ2) is 8.25. The molecule has 0 saturated carbocycles. The summed E-state index contributed by atoms with van der Waals surface area (Å²) in [5, 5.41) is 0. The minimum absolute atomic E-state index is 0.0265. The van der Waals surface area contributed by atoms with Crippen LogP contribution < -0.4 is 0 Å². The third-order valence-electron chi connectivity index (χ3n) is 2.86. The van der Waals surface area contributed by atoms with E-state index >= 15 is 0 Å². The lowest BCUT2D eigenvalue weighted by molar-refractivity contribution is -0.164. The molecule has 1 aromatic rings. The summed E-state index contributed by atoms with van der Waals surface area (Å²) >= 11 is 0. The molecule has 4 nitrogen and oxygen atoms in total. The van der Waals surface area contributed by atoms with E-state index in [1.165, 1.54) is 13.8 Å². The molecule has 0 fully saturated rings. The van der Waals surface area contributed by atoms with Gasteiger partial charge >= 0.3 is 11.9 Å². The van der Waals surface area contributed by atoms with E-state index in [-0.39, 0.29) is 11.9 Å². The van der Waals surface area contributed by atoms with Crippen molar-refractivity contribution in [1.29, 1.82) is 0 Å². The summed E-state index contributed by atoms with van der Waals surface area (Å²) in [5.41, 5.74) is 0.986. The Morgan fingerprint density at radius 2 is 1.57 bits per heavy atom. The molecule has 1 rings (SSSR count). The van der Waals surface area contributed by atoms with Crippen molar-refractivity contribution < 1.29 is 19.1 Å². The fourth-order valence-electron chi connectivity index (χ4n) is 1.95. The third-order valence-corrected chi connectivity index (χ3v) is 2.86. The fourth-order valence-corrected chi connectivity index (χ4v) is 1.95. The van der Waals surface area contributed by atoms with E-state index in [2.05, 4.69) is 0 Å². The zero-order valence-electron chi connectivity index (χ0n) is 12.9. The zero-order valence-corrected chi connectivity index (χ0v) is 12.9. The molecule has 0 bridgehead atoms. The van der Waals surface area contributed by atoms with Crippen molar-refractivity contribution in [3.63, 3.8) is 0 Å². The van der Waals surface area contributed by atoms with Gasteiger partial charge < -0.3 is 9.47 Å². The van der Waals surface area contributed by atoms with Crippen LogP contribution in [0.2, 0.25) is 0 Å². The van der Waals surface area contributed by atoms with Crippen LogP contribution >= 0.6 is 0 Å². The number of ether oxygens (including phenoxy) is 2. The van der Waals surface area contributed by atoms with Crippen molar-refractivity contribution in [3.8, 4) is 0 Å². The highest BCUT2D eigenvalue weighted by atomic mass is 16.6. The van der Waals surface area contributed by atoms with Gasteiger partial charge in [-0.2, -0.15) is 0 Å². The van der Waals surface area contributed by atoms with Crippen LogP contribution in [-0.4, -0.2) is 24.1 Å². The number of carbonyl (C=O) groups is 2. The van der Waals surface area contributed by atoms with E-state index in [9.17, 15) is 9.59 Å². The third kappa shape index (κ3) is 6.25. The molecule has 0 N–H and O–H groups in total. The van der Waals surface area contributed by atoms with Crippen molar-refractivity contribution in [3.05, 3.63) is 42.0 Å². The van der Waals surface area contributed by atoms with Gasteiger partial charge in [-0.25, -0.2) is 0 Å². The molecule has 2 atom stereocenters. The van der Waals surface area contributed by atoms with Crippen molar-refractivity contribution in [2.75, 3.05) is 0 Å². The monoisotopic (exact) mass is 290 g/mol. The summed E-state index contributed by atoms with van der Waals surface area (Å²) in [5.74, 6) is -0.770. The molecule has 0 spiro atoms. The smallest absolute Gasteiger partial charge is 0.303 e. The maximum absolute atomic E-state index is 11.3. The summed E-state index contributed by atoms with van der Waals surface area (Å²) < 4.78 is 10.6. The van der Waals surface area contributed by atoms with Gasteiger partial charge in [-0.1, -0.05) is 50.3 Å². The Bertz CT molecular complexity index is 491. The van der Waals surface area contributed by atoms with E-state index in [1.54, 1.807) is 6.08 Å². The van der Waals surface area contributed by atoms with Crippen LogP contribution in [0.1, 0.15) is 33.3 Å². The normalized spacial score (nSPS) is 14.0. The van der Waals surface area contributed by atoms with Crippen molar-refractivity contribution in [2.45, 2.75) is 39.9 Å². The Balaban J connectivity index is 2.94. The maximum atomic E-state index is 11.3. The van der Waals surface area contributed by atoms with E-state index in [0.717, 1.165) is 5.56 Å². The molecule has 0 aliphatic carbocycles. The molecule has 21 heavy (non-hydrogen) atoms. The number of esters is 2. The largest absolute Gasteiger partial charge is 0.458 e. The summed E-state index contributed by atoms with van der Waals surface area (Å²) in [6, 6.07) is 9.66. The van der Waals surface area contributed by atoms with Crippen molar-refractivity contribution in [2.24, 2.45) is 5.92 Å². The number of benzene rings is 1. The lowest BCUT2D eigenvalue weighted by atomic mass is 10.00. The average molecular weight is 290 g/mol. The Hall–Kier alpha value is -2.10. The number of hydrogen-bond donors (Lipinski definition) is 0. The SMILES string of the molecule is CC(=O)O[C@@H](/C=C/c1ccccc1)[C@H](OC(C)=O)C(C)C. The van der Waals surface area contributed by atoms with Crippen LogP contribution in [0, 0.1) is 5.92 Å². The second-order valence-corrected chi connectivity index (χ2v) is 5.16. The minimum Gasteiger partial charge on any atom is -0.458 e. The van der Waals surface area contributed by atoms with E-state index in [1.807, 2.05) is 50.3 Å². The molecule has 4 heteroatoms. The highest BCUT2D eigenvalue weighted by molar-refractivity contribution is 5.68. The Kier molecular flexibility index (Phi) is 6.66. The molecule has 114 valence electrons. The van der Waals surface area contributed by atoms with Gasteiger partial charge in [0.05, 0.1) is 0 Å². The van der Waals surface area contributed by atoms with Gasteiger partial charge in [-0.3, -0.25) is 9.59 Å². The Labute approximate surface area is 125 Å². The van der Waals surface area contributed by atoms with E-state index in [4.69, 9.17) is 9.47 Å². The highest BCUT2D eigenvalue weighted by Crippen LogP contribution is 2.17. The lowest BCUT2D eigenvalue weighted by Gasteiger charge is -2.27. The molecule has 0 aliphatic rings. The molecule has 0 unspecified atom stereocenters. The van der Waals surface area contributed by atoms with Crippen LogP contribution in [0.3, 0.4) is 0 Å². The summed E-state index contributed by atoms with van der Waals surface area (Å²) in [7, 11) is 0. The van der Waals surface area contributed by atoms with Gasteiger partial charge in [0.1, 0.15) is 6.10 Å². The predicted octanol–water partition coefficient (Wildman–Crippen LogP) is 3.22. The fraction of sp³-hybridized carbons (Fsp3) is 0.412. The molecule has 0 aliphatic heterocycles. The Morgan fingerprint density at radius 3 is 2.05 bits per heavy atom. The number of hydrogen-bond acceptors (Lipinski definition) is 4. The van der Waals surface area contributed by atoms with Gasteiger partial charge in [-0.15, -0.1) is 0 Å². The first-order valence-corrected chi connectivity index (χ1v) is 6.98. The van der Waals surface area contributed by atoms with Gasteiger partial charge in [0, 0.05) is 13.8 Å². The molecule has 1 aromatic carbocycles. The zero-order chi connectivity index (χ0) is 15.8. The summed E-state index contributed by atoms with van der Waals surface area (Å²) in [4.78, 5) is 22.5. The number of carbonyl (C=O) groups excluding carboxylic acids is 2. The van der Waals surface area contributed by atoms with Crippen LogP contribution in [0.4, 0.5) is 0 Å². The lowest BCUT2D eigenvalue weighted by Crippen LogP contribution is -2.37. The topological polar surface area (TPSA) is 52.6 Å². The predicted molar refractivity (Wildman–Crippen MR) is 81.4 cm³/mol. The quantitative estimate of drug-likeness (QED) is 0.755. The van der Waals surface area contributed by atoms with Gasteiger partial charge in [0.2, 0.25) is 0 Å². The highest BCUT2D eigenvalue weighted by Gasteiger charge is 2.28. The first-order chi connectivity index (χ1) is 9.90. The molecule has 0 heterocycles. The molecule has 0 aromatic heterocycles. The first kappa shape index (κ1) is 17.0. The molecule has 0 radical (unpaired) electrons. The van der Waals surface area contributed by atoms with Crippen LogP contribution in [-0.2, 0) is 19.1 Å². The summed E-state index contributed by atoms with van der Waals surface area (Å²) in [6.45, 7) is 6.52. The maximum Gasteiger partial charge on any atom is 0.303 e. The second-order valence-electron chi connectivity index (χ2n) is 5.16. The van der Waals surface area contributed by atoms with E-state index < -0.39 is 18.2 Å². The van der Waals surface area contributed by atoms with E-state index in [0.29, 0.717) is 0 Å². The van der Waals surface area contributed by atoms with Crippen molar-refractivity contribution >= 4 is 18.0 Å². The average Bonchev–Trinajstić information content (AvgIpc) is 2.41.